The number of aryl methyl sites for hydroxylation is 1. The SMILES string of the molecule is Cc1nccnc1-c1ccc(C2=Cc3cnc(NC4CCOCC4)nc3N(C3CCCC3)C2(C)O)c(Cl)c1. The van der Waals surface area contributed by atoms with Crippen LogP contribution < -0.4 is 10.2 Å². The lowest BCUT2D eigenvalue weighted by Crippen LogP contribution is -2.54. The Hall–Kier alpha value is -3.07. The fraction of sp³-hybridized carbons (Fsp3) is 0.448. The number of anilines is 2. The van der Waals surface area contributed by atoms with E-state index in [1.54, 1.807) is 12.4 Å². The minimum Gasteiger partial charge on any atom is -0.381 e. The van der Waals surface area contributed by atoms with Gasteiger partial charge in [0.05, 0.1) is 11.4 Å². The summed E-state index contributed by atoms with van der Waals surface area (Å²) in [5.41, 5.74) is 3.60. The molecule has 2 aromatic heterocycles. The Labute approximate surface area is 228 Å². The normalized spacial score (nSPS) is 22.3. The lowest BCUT2D eigenvalue weighted by molar-refractivity contribution is 0.0903. The zero-order valence-corrected chi connectivity index (χ0v) is 22.6. The Kier molecular flexibility index (Phi) is 6.80. The van der Waals surface area contributed by atoms with E-state index in [0.717, 1.165) is 91.2 Å². The van der Waals surface area contributed by atoms with Gasteiger partial charge < -0.3 is 20.1 Å². The molecule has 1 saturated carbocycles. The third kappa shape index (κ3) is 4.65. The van der Waals surface area contributed by atoms with Gasteiger partial charge in [0, 0.05) is 71.2 Å². The summed E-state index contributed by atoms with van der Waals surface area (Å²) in [7, 11) is 0. The summed E-state index contributed by atoms with van der Waals surface area (Å²) in [4.78, 5) is 20.5. The first kappa shape index (κ1) is 25.2. The number of aliphatic hydroxyl groups is 1. The fourth-order valence-electron chi connectivity index (χ4n) is 5.99. The van der Waals surface area contributed by atoms with Crippen molar-refractivity contribution in [2.75, 3.05) is 23.4 Å². The third-order valence-electron chi connectivity index (χ3n) is 7.96. The van der Waals surface area contributed by atoms with Gasteiger partial charge in [0.2, 0.25) is 5.95 Å². The highest BCUT2D eigenvalue weighted by Crippen LogP contribution is 2.47. The number of halogens is 1. The highest BCUT2D eigenvalue weighted by Gasteiger charge is 2.44. The number of hydrogen-bond donors (Lipinski definition) is 2. The van der Waals surface area contributed by atoms with Crippen LogP contribution in [0.2, 0.25) is 5.02 Å². The molecule has 198 valence electrons. The molecule has 4 heterocycles. The Morgan fingerprint density at radius 1 is 1.08 bits per heavy atom. The molecule has 3 aliphatic rings. The second-order valence-electron chi connectivity index (χ2n) is 10.6. The van der Waals surface area contributed by atoms with E-state index >= 15 is 0 Å². The van der Waals surface area contributed by atoms with E-state index in [0.29, 0.717) is 11.0 Å². The summed E-state index contributed by atoms with van der Waals surface area (Å²) in [5.74, 6) is 1.35. The van der Waals surface area contributed by atoms with Crippen molar-refractivity contribution >= 4 is 35.0 Å². The fourth-order valence-corrected chi connectivity index (χ4v) is 6.28. The van der Waals surface area contributed by atoms with Gasteiger partial charge in [0.15, 0.2) is 5.72 Å². The van der Waals surface area contributed by atoms with Crippen LogP contribution in [0.3, 0.4) is 0 Å². The standard InChI is InChI=1S/C29H33ClN6O2/c1-18-26(32-12-11-31-18)19-7-8-23(25(30)16-19)24-15-20-17-33-28(34-21-9-13-38-14-10-21)35-27(20)36(29(24,2)37)22-5-3-4-6-22/h7-8,11-12,15-17,21-22,37H,3-6,9-10,13-14H2,1-2H3,(H,33,34,35). The number of rotatable bonds is 5. The molecule has 2 N–H and O–H groups in total. The zero-order valence-electron chi connectivity index (χ0n) is 21.8. The van der Waals surface area contributed by atoms with E-state index in [4.69, 9.17) is 21.3 Å². The quantitative estimate of drug-likeness (QED) is 0.445. The van der Waals surface area contributed by atoms with Crippen LogP contribution >= 0.6 is 11.6 Å². The lowest BCUT2D eigenvalue weighted by Gasteiger charge is -2.46. The number of fused-ring (bicyclic) bond motifs is 1. The second-order valence-corrected chi connectivity index (χ2v) is 11.0. The third-order valence-corrected chi connectivity index (χ3v) is 8.27. The number of benzene rings is 1. The molecule has 1 aromatic carbocycles. The van der Waals surface area contributed by atoms with Crippen LogP contribution in [0.4, 0.5) is 11.8 Å². The van der Waals surface area contributed by atoms with Crippen molar-refractivity contribution in [3.05, 3.63) is 58.6 Å². The summed E-state index contributed by atoms with van der Waals surface area (Å²) < 4.78 is 5.49. The molecule has 1 unspecified atom stereocenters. The van der Waals surface area contributed by atoms with Crippen molar-refractivity contribution in [1.82, 2.24) is 19.9 Å². The van der Waals surface area contributed by atoms with Crippen molar-refractivity contribution in [3.8, 4) is 11.3 Å². The molecular weight excluding hydrogens is 500 g/mol. The Bertz CT molecular complexity index is 1360. The van der Waals surface area contributed by atoms with Crippen molar-refractivity contribution < 1.29 is 9.84 Å². The van der Waals surface area contributed by atoms with Gasteiger partial charge in [-0.3, -0.25) is 9.97 Å². The van der Waals surface area contributed by atoms with Gasteiger partial charge in [-0.1, -0.05) is 36.6 Å². The van der Waals surface area contributed by atoms with Gasteiger partial charge in [-0.2, -0.15) is 4.98 Å². The maximum absolute atomic E-state index is 12.2. The number of nitrogens with zero attached hydrogens (tertiary/aromatic N) is 5. The summed E-state index contributed by atoms with van der Waals surface area (Å²) >= 11 is 6.89. The van der Waals surface area contributed by atoms with E-state index in [-0.39, 0.29) is 12.1 Å². The topological polar surface area (TPSA) is 96.3 Å². The van der Waals surface area contributed by atoms with Crippen molar-refractivity contribution in [1.29, 1.82) is 0 Å². The molecule has 9 heteroatoms. The summed E-state index contributed by atoms with van der Waals surface area (Å²) in [6.45, 7) is 5.27. The first-order valence-corrected chi connectivity index (χ1v) is 13.8. The van der Waals surface area contributed by atoms with Gasteiger partial charge >= 0.3 is 0 Å². The van der Waals surface area contributed by atoms with Crippen molar-refractivity contribution in [3.63, 3.8) is 0 Å². The largest absolute Gasteiger partial charge is 0.381 e. The molecule has 0 amide bonds. The number of aromatic nitrogens is 4. The van der Waals surface area contributed by atoms with Gasteiger partial charge in [0.25, 0.3) is 0 Å². The minimum atomic E-state index is -1.31. The van der Waals surface area contributed by atoms with Gasteiger partial charge in [-0.25, -0.2) is 4.98 Å². The van der Waals surface area contributed by atoms with Crippen LogP contribution in [0.15, 0.2) is 36.8 Å². The molecular formula is C29H33ClN6O2. The van der Waals surface area contributed by atoms with E-state index in [1.807, 2.05) is 44.3 Å². The molecule has 0 radical (unpaired) electrons. The molecule has 0 bridgehead atoms. The molecule has 3 aromatic rings. The average molecular weight is 533 g/mol. The molecule has 2 fully saturated rings. The molecule has 38 heavy (non-hydrogen) atoms. The predicted molar refractivity (Wildman–Crippen MR) is 150 cm³/mol. The summed E-state index contributed by atoms with van der Waals surface area (Å²) in [5, 5.41) is 16.2. The Morgan fingerprint density at radius 2 is 1.84 bits per heavy atom. The van der Waals surface area contributed by atoms with Crippen molar-refractivity contribution in [2.24, 2.45) is 0 Å². The Morgan fingerprint density at radius 3 is 2.58 bits per heavy atom. The second kappa shape index (κ2) is 10.2. The van der Waals surface area contributed by atoms with Crippen LogP contribution in [0, 0.1) is 6.92 Å². The summed E-state index contributed by atoms with van der Waals surface area (Å²) in [6, 6.07) is 6.32. The van der Waals surface area contributed by atoms with Gasteiger partial charge in [-0.15, -0.1) is 0 Å². The Balaban J connectivity index is 1.41. The molecule has 6 rings (SSSR count). The van der Waals surface area contributed by atoms with Crippen molar-refractivity contribution in [2.45, 2.75) is 70.2 Å². The lowest BCUT2D eigenvalue weighted by atomic mass is 9.87. The minimum absolute atomic E-state index is 0.179. The van der Waals surface area contributed by atoms with Crippen LogP contribution in [0.1, 0.15) is 62.3 Å². The van der Waals surface area contributed by atoms with E-state index < -0.39 is 5.72 Å². The maximum Gasteiger partial charge on any atom is 0.224 e. The smallest absolute Gasteiger partial charge is 0.224 e. The molecule has 1 aliphatic carbocycles. The highest BCUT2D eigenvalue weighted by molar-refractivity contribution is 6.33. The number of ether oxygens (including phenoxy) is 1. The molecule has 8 nitrogen and oxygen atoms in total. The predicted octanol–water partition coefficient (Wildman–Crippen LogP) is 5.50. The molecule has 1 saturated heterocycles. The average Bonchev–Trinajstić information content (AvgIpc) is 3.43. The van der Waals surface area contributed by atoms with Crippen LogP contribution in [-0.4, -0.2) is 56.1 Å². The van der Waals surface area contributed by atoms with E-state index in [2.05, 4.69) is 25.2 Å². The van der Waals surface area contributed by atoms with Crippen LogP contribution in [0.5, 0.6) is 0 Å². The van der Waals surface area contributed by atoms with Crippen LogP contribution in [0.25, 0.3) is 22.9 Å². The molecule has 0 spiro atoms. The van der Waals surface area contributed by atoms with E-state index in [9.17, 15) is 5.11 Å². The monoisotopic (exact) mass is 532 g/mol. The maximum atomic E-state index is 12.2. The first-order chi connectivity index (χ1) is 18.4. The molecule has 1 atom stereocenters. The van der Waals surface area contributed by atoms with Gasteiger partial charge in [0.1, 0.15) is 5.82 Å². The zero-order chi connectivity index (χ0) is 26.3. The molecule has 2 aliphatic heterocycles. The van der Waals surface area contributed by atoms with Crippen LogP contribution in [-0.2, 0) is 4.74 Å². The highest BCUT2D eigenvalue weighted by atomic mass is 35.5. The number of nitrogens with one attached hydrogen (secondary N) is 1. The first-order valence-electron chi connectivity index (χ1n) is 13.4. The summed E-state index contributed by atoms with van der Waals surface area (Å²) in [6.07, 6.45) is 13.3. The van der Waals surface area contributed by atoms with E-state index in [1.165, 1.54) is 0 Å². The van der Waals surface area contributed by atoms with Gasteiger partial charge in [-0.05, 0) is 51.7 Å². The number of hydrogen-bond acceptors (Lipinski definition) is 8.